The van der Waals surface area contributed by atoms with E-state index in [-0.39, 0.29) is 21.3 Å². The molecule has 2 aromatic carbocycles. The molecule has 0 bridgehead atoms. The summed E-state index contributed by atoms with van der Waals surface area (Å²) in [7, 11) is 0. The van der Waals surface area contributed by atoms with Crippen LogP contribution < -0.4 is 0 Å². The molecule has 2 atom stereocenters. The summed E-state index contributed by atoms with van der Waals surface area (Å²) in [4.78, 5) is 0. The van der Waals surface area contributed by atoms with Gasteiger partial charge in [-0.05, 0) is 59.1 Å². The van der Waals surface area contributed by atoms with Crippen molar-refractivity contribution < 1.29 is 10.2 Å². The molecule has 0 aliphatic rings. The van der Waals surface area contributed by atoms with Gasteiger partial charge in [0.15, 0.2) is 0 Å². The number of phenols is 2. The Morgan fingerprint density at radius 3 is 1.26 bits per heavy atom. The van der Waals surface area contributed by atoms with Gasteiger partial charge in [-0.1, -0.05) is 65.8 Å². The van der Waals surface area contributed by atoms with E-state index in [0.29, 0.717) is 11.5 Å². The van der Waals surface area contributed by atoms with Gasteiger partial charge in [0.1, 0.15) is 11.5 Å². The Balaban J connectivity index is 2.17. The standard InChI is InChI=1S/C24H34O2S/c1-15(17-9-11-19(21(25)13-17)23(3,4)5)27-16(2)18-10-12-20(22(26)14-18)24(6,7)8/h9-16,25-26H,1-8H3. The monoisotopic (exact) mass is 386 g/mol. The van der Waals surface area contributed by atoms with Crippen LogP contribution >= 0.6 is 11.8 Å². The highest BCUT2D eigenvalue weighted by atomic mass is 32.2. The molecule has 27 heavy (non-hydrogen) atoms. The SMILES string of the molecule is CC(SC(C)c1ccc(C(C)(C)C)c(O)c1)c1ccc(C(C)(C)C)c(O)c1. The lowest BCUT2D eigenvalue weighted by molar-refractivity contribution is 0.445. The van der Waals surface area contributed by atoms with E-state index in [1.165, 1.54) is 0 Å². The van der Waals surface area contributed by atoms with Crippen molar-refractivity contribution >= 4 is 11.8 Å². The van der Waals surface area contributed by atoms with Crippen LogP contribution in [0.2, 0.25) is 0 Å². The summed E-state index contributed by atoms with van der Waals surface area (Å²) >= 11 is 1.83. The maximum atomic E-state index is 10.4. The molecular formula is C24H34O2S. The molecule has 2 N–H and O–H groups in total. The molecule has 0 aliphatic carbocycles. The lowest BCUT2D eigenvalue weighted by Gasteiger charge is -2.24. The first-order valence-corrected chi connectivity index (χ1v) is 10.6. The molecule has 0 aromatic heterocycles. The van der Waals surface area contributed by atoms with E-state index in [4.69, 9.17) is 0 Å². The van der Waals surface area contributed by atoms with Crippen molar-refractivity contribution in [2.24, 2.45) is 0 Å². The fourth-order valence-electron chi connectivity index (χ4n) is 3.33. The van der Waals surface area contributed by atoms with Crippen molar-refractivity contribution in [1.82, 2.24) is 0 Å². The molecule has 0 aliphatic heterocycles. The summed E-state index contributed by atoms with van der Waals surface area (Å²) < 4.78 is 0. The van der Waals surface area contributed by atoms with Crippen LogP contribution in [0.25, 0.3) is 0 Å². The van der Waals surface area contributed by atoms with Crippen LogP contribution in [0.1, 0.15) is 88.1 Å². The van der Waals surface area contributed by atoms with Gasteiger partial charge in [0.05, 0.1) is 0 Å². The molecule has 148 valence electrons. The maximum absolute atomic E-state index is 10.4. The number of rotatable bonds is 4. The number of benzene rings is 2. The fourth-order valence-corrected chi connectivity index (χ4v) is 4.55. The van der Waals surface area contributed by atoms with Gasteiger partial charge in [0.2, 0.25) is 0 Å². The topological polar surface area (TPSA) is 40.5 Å². The highest BCUT2D eigenvalue weighted by Crippen LogP contribution is 2.43. The molecule has 3 heteroatoms. The number of aromatic hydroxyl groups is 2. The van der Waals surface area contributed by atoms with Gasteiger partial charge in [-0.3, -0.25) is 0 Å². The van der Waals surface area contributed by atoms with Gasteiger partial charge < -0.3 is 10.2 Å². The normalized spacial score (nSPS) is 14.8. The highest BCUT2D eigenvalue weighted by molar-refractivity contribution is 7.99. The fraction of sp³-hybridized carbons (Fsp3) is 0.500. The molecule has 0 saturated heterocycles. The minimum absolute atomic E-state index is 0.0708. The minimum Gasteiger partial charge on any atom is -0.508 e. The summed E-state index contributed by atoms with van der Waals surface area (Å²) in [5, 5.41) is 21.3. The summed E-state index contributed by atoms with van der Waals surface area (Å²) in [6, 6.07) is 12.1. The molecule has 0 fully saturated rings. The average molecular weight is 387 g/mol. The summed E-state index contributed by atoms with van der Waals surface area (Å²) in [6.45, 7) is 17.0. The largest absolute Gasteiger partial charge is 0.508 e. The van der Waals surface area contributed by atoms with Crippen molar-refractivity contribution in [3.8, 4) is 11.5 Å². The molecular weight excluding hydrogens is 352 g/mol. The Bertz CT molecular complexity index is 730. The van der Waals surface area contributed by atoms with Crippen molar-refractivity contribution in [2.75, 3.05) is 0 Å². The van der Waals surface area contributed by atoms with Crippen molar-refractivity contribution in [2.45, 2.75) is 76.7 Å². The van der Waals surface area contributed by atoms with Gasteiger partial charge in [-0.25, -0.2) is 0 Å². The number of hydrogen-bond donors (Lipinski definition) is 2. The van der Waals surface area contributed by atoms with Crippen LogP contribution in [0.3, 0.4) is 0 Å². The Kier molecular flexibility index (Phi) is 6.26. The van der Waals surface area contributed by atoms with E-state index >= 15 is 0 Å². The molecule has 0 radical (unpaired) electrons. The Hall–Kier alpha value is -1.61. The zero-order valence-corrected chi connectivity index (χ0v) is 18.7. The molecule has 0 heterocycles. The van der Waals surface area contributed by atoms with E-state index in [2.05, 4.69) is 67.5 Å². The minimum atomic E-state index is -0.0708. The molecule has 2 nitrogen and oxygen atoms in total. The quantitative estimate of drug-likeness (QED) is 0.581. The smallest absolute Gasteiger partial charge is 0.119 e. The van der Waals surface area contributed by atoms with Crippen molar-refractivity contribution in [3.05, 3.63) is 58.7 Å². The summed E-state index contributed by atoms with van der Waals surface area (Å²) in [5.41, 5.74) is 4.04. The van der Waals surface area contributed by atoms with E-state index < -0.39 is 0 Å². The first-order valence-electron chi connectivity index (χ1n) is 9.63. The molecule has 0 spiro atoms. The molecule has 2 rings (SSSR count). The highest BCUT2D eigenvalue weighted by Gasteiger charge is 2.22. The van der Waals surface area contributed by atoms with Gasteiger partial charge >= 0.3 is 0 Å². The molecule has 2 unspecified atom stereocenters. The lowest BCUT2D eigenvalue weighted by atomic mass is 9.85. The number of phenolic OH excluding ortho intramolecular Hbond substituents is 2. The molecule has 0 amide bonds. The first kappa shape index (κ1) is 21.7. The van der Waals surface area contributed by atoms with Crippen LogP contribution in [0.15, 0.2) is 36.4 Å². The lowest BCUT2D eigenvalue weighted by Crippen LogP contribution is -2.11. The maximum Gasteiger partial charge on any atom is 0.119 e. The Morgan fingerprint density at radius 1 is 0.667 bits per heavy atom. The van der Waals surface area contributed by atoms with E-state index in [1.54, 1.807) is 0 Å². The van der Waals surface area contributed by atoms with Crippen LogP contribution in [0, 0.1) is 0 Å². The van der Waals surface area contributed by atoms with Crippen molar-refractivity contribution in [3.63, 3.8) is 0 Å². The van der Waals surface area contributed by atoms with Crippen LogP contribution in [-0.4, -0.2) is 10.2 Å². The zero-order valence-electron chi connectivity index (χ0n) is 17.9. The second-order valence-electron chi connectivity index (χ2n) is 9.47. The van der Waals surface area contributed by atoms with Crippen LogP contribution in [0.5, 0.6) is 11.5 Å². The Morgan fingerprint density at radius 2 is 1.00 bits per heavy atom. The van der Waals surface area contributed by atoms with Crippen LogP contribution in [0.4, 0.5) is 0 Å². The third-order valence-corrected chi connectivity index (χ3v) is 6.37. The molecule has 0 saturated carbocycles. The van der Waals surface area contributed by atoms with E-state index in [0.717, 1.165) is 22.3 Å². The Labute approximate surface area is 169 Å². The van der Waals surface area contributed by atoms with Gasteiger partial charge in [-0.15, -0.1) is 11.8 Å². The average Bonchev–Trinajstić information content (AvgIpc) is 2.52. The predicted octanol–water partition coefficient (Wildman–Crippen LogP) is 7.25. The first-order chi connectivity index (χ1) is 12.3. The summed E-state index contributed by atoms with van der Waals surface area (Å²) in [6.07, 6.45) is 0. The zero-order chi connectivity index (χ0) is 20.6. The summed E-state index contributed by atoms with van der Waals surface area (Å²) in [5.74, 6) is 0.736. The number of thioether (sulfide) groups is 1. The van der Waals surface area contributed by atoms with Crippen molar-refractivity contribution in [1.29, 1.82) is 0 Å². The predicted molar refractivity (Wildman–Crippen MR) is 118 cm³/mol. The van der Waals surface area contributed by atoms with Gasteiger partial charge in [0, 0.05) is 10.5 Å². The van der Waals surface area contributed by atoms with E-state index in [9.17, 15) is 10.2 Å². The second kappa shape index (κ2) is 7.79. The van der Waals surface area contributed by atoms with E-state index in [1.807, 2.05) is 36.0 Å². The van der Waals surface area contributed by atoms with Gasteiger partial charge in [0.25, 0.3) is 0 Å². The number of hydrogen-bond acceptors (Lipinski definition) is 3. The second-order valence-corrected chi connectivity index (χ2v) is 11.2. The van der Waals surface area contributed by atoms with Crippen LogP contribution in [-0.2, 0) is 10.8 Å². The third kappa shape index (κ3) is 5.22. The van der Waals surface area contributed by atoms with Gasteiger partial charge in [-0.2, -0.15) is 0 Å². The molecule has 2 aromatic rings. The third-order valence-electron chi connectivity index (χ3n) is 5.01.